The summed E-state index contributed by atoms with van der Waals surface area (Å²) in [7, 11) is 0. The lowest BCUT2D eigenvalue weighted by atomic mass is 9.52. The zero-order valence-electron chi connectivity index (χ0n) is 17.1. The van der Waals surface area contributed by atoms with Crippen LogP contribution < -0.4 is 9.80 Å². The molecular weight excluding hydrogens is 358 g/mol. The van der Waals surface area contributed by atoms with Crippen LogP contribution in [0.1, 0.15) is 44.7 Å². The zero-order chi connectivity index (χ0) is 19.8. The van der Waals surface area contributed by atoms with Gasteiger partial charge in [0.2, 0.25) is 0 Å². The van der Waals surface area contributed by atoms with Crippen LogP contribution in [0.3, 0.4) is 0 Å². The van der Waals surface area contributed by atoms with Gasteiger partial charge in [-0.3, -0.25) is 4.90 Å². The summed E-state index contributed by atoms with van der Waals surface area (Å²) in [5.74, 6) is 2.79. The van der Waals surface area contributed by atoms with Gasteiger partial charge in [0.05, 0.1) is 0 Å². The van der Waals surface area contributed by atoms with Crippen LogP contribution in [-0.4, -0.2) is 21.1 Å². The van der Waals surface area contributed by atoms with E-state index in [1.807, 2.05) is 6.20 Å². The Labute approximate surface area is 171 Å². The molecule has 0 N–H and O–H groups in total. The number of hydrogen-bond donors (Lipinski definition) is 0. The highest BCUT2D eigenvalue weighted by Gasteiger charge is 2.63. The van der Waals surface area contributed by atoms with Crippen LogP contribution in [0.2, 0.25) is 0 Å². The summed E-state index contributed by atoms with van der Waals surface area (Å²) in [5.41, 5.74) is 4.02. The van der Waals surface area contributed by atoms with E-state index in [2.05, 4.69) is 67.0 Å². The monoisotopic (exact) mass is 383 g/mol. The van der Waals surface area contributed by atoms with Gasteiger partial charge in [0, 0.05) is 35.1 Å². The molecule has 6 heterocycles. The van der Waals surface area contributed by atoms with Crippen molar-refractivity contribution in [2.24, 2.45) is 5.41 Å². The van der Waals surface area contributed by atoms with Crippen molar-refractivity contribution in [3.63, 3.8) is 0 Å². The lowest BCUT2D eigenvalue weighted by Gasteiger charge is -2.60. The van der Waals surface area contributed by atoms with Crippen molar-refractivity contribution in [1.29, 1.82) is 0 Å². The SMILES string of the molecule is CCC1(CC)c2ccccc2N2c3nccnc3N3c4ccc(cn4)CC1(C)C32. The lowest BCUT2D eigenvalue weighted by molar-refractivity contribution is 0.0804. The fourth-order valence-corrected chi connectivity index (χ4v) is 6.49. The Kier molecular flexibility index (Phi) is 3.25. The van der Waals surface area contributed by atoms with Crippen molar-refractivity contribution in [3.8, 4) is 0 Å². The average molecular weight is 383 g/mol. The molecule has 0 amide bonds. The van der Waals surface area contributed by atoms with E-state index in [0.717, 1.165) is 36.7 Å². The Morgan fingerprint density at radius 1 is 0.931 bits per heavy atom. The molecule has 2 bridgehead atoms. The lowest BCUT2D eigenvalue weighted by Crippen LogP contribution is -2.64. The molecule has 5 nitrogen and oxygen atoms in total. The fourth-order valence-electron chi connectivity index (χ4n) is 6.49. The van der Waals surface area contributed by atoms with E-state index in [9.17, 15) is 0 Å². The van der Waals surface area contributed by atoms with Crippen molar-refractivity contribution in [1.82, 2.24) is 15.0 Å². The van der Waals surface area contributed by atoms with Crippen molar-refractivity contribution in [2.45, 2.75) is 51.6 Å². The number of hydrogen-bond acceptors (Lipinski definition) is 5. The number of anilines is 4. The van der Waals surface area contributed by atoms with E-state index in [1.165, 1.54) is 16.8 Å². The van der Waals surface area contributed by atoms with E-state index < -0.39 is 0 Å². The highest BCUT2D eigenvalue weighted by Crippen LogP contribution is 2.64. The minimum atomic E-state index is -0.0367. The molecule has 2 aromatic heterocycles. The van der Waals surface area contributed by atoms with Crippen molar-refractivity contribution < 1.29 is 0 Å². The molecule has 0 radical (unpaired) electrons. The summed E-state index contributed by atoms with van der Waals surface area (Å²) in [6, 6.07) is 13.3. The number of para-hydroxylation sites is 1. The van der Waals surface area contributed by atoms with Gasteiger partial charge in [-0.05, 0) is 42.5 Å². The number of pyridine rings is 1. The molecule has 0 saturated heterocycles. The molecule has 4 aliphatic heterocycles. The Bertz CT molecular complexity index is 1100. The summed E-state index contributed by atoms with van der Waals surface area (Å²) in [5, 5.41) is 0. The van der Waals surface area contributed by atoms with Crippen molar-refractivity contribution in [2.75, 3.05) is 9.80 Å². The number of benzene rings is 1. The smallest absolute Gasteiger partial charge is 0.179 e. The molecule has 7 rings (SSSR count). The van der Waals surface area contributed by atoms with Crippen LogP contribution in [0.25, 0.3) is 0 Å². The Hall–Kier alpha value is -2.95. The quantitative estimate of drug-likeness (QED) is 0.614. The summed E-state index contributed by atoms with van der Waals surface area (Å²) in [6.45, 7) is 7.17. The van der Waals surface area contributed by atoms with Crippen LogP contribution in [0.4, 0.5) is 23.1 Å². The van der Waals surface area contributed by atoms with Gasteiger partial charge in [-0.15, -0.1) is 0 Å². The summed E-state index contributed by atoms with van der Waals surface area (Å²) >= 11 is 0. The summed E-state index contributed by atoms with van der Waals surface area (Å²) < 4.78 is 0. The molecule has 2 unspecified atom stereocenters. The first-order valence-corrected chi connectivity index (χ1v) is 10.6. The summed E-state index contributed by atoms with van der Waals surface area (Å²) in [6.07, 6.45) is 8.90. The zero-order valence-corrected chi connectivity index (χ0v) is 17.1. The van der Waals surface area contributed by atoms with Gasteiger partial charge in [0.1, 0.15) is 12.0 Å². The maximum atomic E-state index is 4.81. The van der Waals surface area contributed by atoms with Crippen LogP contribution in [0.5, 0.6) is 0 Å². The fraction of sp³-hybridized carbons (Fsp3) is 0.375. The summed E-state index contributed by atoms with van der Waals surface area (Å²) in [4.78, 5) is 19.2. The number of nitrogens with zero attached hydrogens (tertiary/aromatic N) is 5. The standard InChI is InChI=1S/C24H25N5/c1-4-24(5-2)17-8-6-7-9-18(17)28-20-21(26-13-12-25-20)29-19-11-10-16(15-27-19)14-23(24,3)22(28)29/h6-13,15,22H,4-5,14H2,1-3H3. The van der Waals surface area contributed by atoms with E-state index in [-0.39, 0.29) is 17.0 Å². The minimum Gasteiger partial charge on any atom is -0.301 e. The van der Waals surface area contributed by atoms with Crippen LogP contribution in [0.15, 0.2) is 55.0 Å². The number of fused-ring (bicyclic) bond motifs is 6. The molecule has 0 saturated carbocycles. The van der Waals surface area contributed by atoms with Gasteiger partial charge in [0.25, 0.3) is 0 Å². The highest BCUT2D eigenvalue weighted by molar-refractivity contribution is 5.86. The Morgan fingerprint density at radius 2 is 1.66 bits per heavy atom. The molecule has 0 spiro atoms. The first-order chi connectivity index (χ1) is 14.1. The van der Waals surface area contributed by atoms with Gasteiger partial charge in [-0.1, -0.05) is 45.0 Å². The number of aromatic nitrogens is 3. The van der Waals surface area contributed by atoms with E-state index in [0.29, 0.717) is 0 Å². The topological polar surface area (TPSA) is 45.2 Å². The molecule has 3 aromatic rings. The molecule has 0 aliphatic carbocycles. The van der Waals surface area contributed by atoms with Gasteiger partial charge in [0.15, 0.2) is 11.6 Å². The molecule has 4 aliphatic rings. The van der Waals surface area contributed by atoms with Crippen LogP contribution in [0, 0.1) is 5.41 Å². The molecule has 0 fully saturated rings. The second kappa shape index (κ2) is 5.56. The molecular formula is C24H25N5. The average Bonchev–Trinajstić information content (AvgIpc) is 3.10. The van der Waals surface area contributed by atoms with E-state index in [4.69, 9.17) is 15.0 Å². The van der Waals surface area contributed by atoms with E-state index >= 15 is 0 Å². The van der Waals surface area contributed by atoms with E-state index in [1.54, 1.807) is 12.4 Å². The van der Waals surface area contributed by atoms with Gasteiger partial charge < -0.3 is 4.90 Å². The van der Waals surface area contributed by atoms with Crippen molar-refractivity contribution >= 4 is 23.1 Å². The van der Waals surface area contributed by atoms with Gasteiger partial charge in [-0.2, -0.15) is 0 Å². The first-order valence-electron chi connectivity index (χ1n) is 10.6. The Morgan fingerprint density at radius 3 is 2.34 bits per heavy atom. The largest absolute Gasteiger partial charge is 0.301 e. The molecule has 29 heavy (non-hydrogen) atoms. The maximum Gasteiger partial charge on any atom is 0.179 e. The highest BCUT2D eigenvalue weighted by atomic mass is 15.5. The first kappa shape index (κ1) is 17.0. The third-order valence-corrected chi connectivity index (χ3v) is 7.78. The maximum absolute atomic E-state index is 4.81. The molecule has 5 heteroatoms. The second-order valence-electron chi connectivity index (χ2n) is 8.74. The van der Waals surface area contributed by atoms with Crippen molar-refractivity contribution in [3.05, 3.63) is 66.1 Å². The molecule has 146 valence electrons. The third-order valence-electron chi connectivity index (χ3n) is 7.78. The predicted octanol–water partition coefficient (Wildman–Crippen LogP) is 5.12. The molecule has 2 atom stereocenters. The third kappa shape index (κ3) is 1.84. The molecule has 1 aromatic carbocycles. The van der Waals surface area contributed by atoms with Crippen LogP contribution >= 0.6 is 0 Å². The second-order valence-corrected chi connectivity index (χ2v) is 8.74. The van der Waals surface area contributed by atoms with Gasteiger partial charge in [-0.25, -0.2) is 15.0 Å². The van der Waals surface area contributed by atoms with Gasteiger partial charge >= 0.3 is 0 Å². The number of rotatable bonds is 2. The predicted molar refractivity (Wildman–Crippen MR) is 115 cm³/mol. The minimum absolute atomic E-state index is 0.0367. The van der Waals surface area contributed by atoms with Crippen LogP contribution in [-0.2, 0) is 11.8 Å². The Balaban J connectivity index is 1.77. The normalized spacial score (nSPS) is 25.1.